The van der Waals surface area contributed by atoms with Crippen LogP contribution in [0.15, 0.2) is 18.5 Å². The van der Waals surface area contributed by atoms with E-state index < -0.39 is 11.0 Å². The first kappa shape index (κ1) is 14.0. The number of carboxylic acid groups (broad SMARTS) is 1. The normalized spacial score (nSPS) is 18.6. The van der Waals surface area contributed by atoms with Gasteiger partial charge in [0.1, 0.15) is 11.9 Å². The number of nitrogens with zero attached hydrogens (tertiary/aromatic N) is 4. The molecular weight excluding hydrogens is 264 g/mol. The van der Waals surface area contributed by atoms with E-state index in [9.17, 15) is 14.9 Å². The van der Waals surface area contributed by atoms with Crippen LogP contribution in [0.5, 0.6) is 0 Å². The quantitative estimate of drug-likeness (QED) is 0.666. The van der Waals surface area contributed by atoms with Crippen molar-refractivity contribution in [2.45, 2.75) is 18.9 Å². The van der Waals surface area contributed by atoms with Gasteiger partial charge in [0, 0.05) is 26.3 Å². The maximum atomic E-state index is 11.0. The van der Waals surface area contributed by atoms with Gasteiger partial charge in [0.05, 0.1) is 11.0 Å². The molecule has 1 aliphatic rings. The minimum absolute atomic E-state index is 0.0499. The second kappa shape index (κ2) is 5.72. The minimum Gasteiger partial charge on any atom is -0.465 e. The van der Waals surface area contributed by atoms with Crippen LogP contribution in [0.25, 0.3) is 0 Å². The first-order chi connectivity index (χ1) is 9.50. The molecule has 0 aliphatic carbocycles. The Labute approximate surface area is 115 Å². The molecule has 0 aromatic carbocycles. The standard InChI is InChI=1S/C12H16N4O4/c1-14(12(17)18)9-3-2-6-15(8-9)10-4-5-13-7-11(10)16(19)20/h4-5,7,9H,2-3,6,8H2,1H3,(H,17,18). The Hall–Kier alpha value is -2.38. The summed E-state index contributed by atoms with van der Waals surface area (Å²) in [7, 11) is 1.53. The highest BCUT2D eigenvalue weighted by Gasteiger charge is 2.29. The van der Waals surface area contributed by atoms with Crippen LogP contribution in [0.1, 0.15) is 12.8 Å². The van der Waals surface area contributed by atoms with Crippen molar-refractivity contribution >= 4 is 17.5 Å². The number of amides is 1. The average Bonchev–Trinajstić information content (AvgIpc) is 2.46. The monoisotopic (exact) mass is 280 g/mol. The van der Waals surface area contributed by atoms with Crippen LogP contribution in [0.2, 0.25) is 0 Å². The van der Waals surface area contributed by atoms with Crippen molar-refractivity contribution in [1.29, 1.82) is 0 Å². The summed E-state index contributed by atoms with van der Waals surface area (Å²) in [6, 6.07) is 1.44. The van der Waals surface area contributed by atoms with Crippen LogP contribution in [0.3, 0.4) is 0 Å². The molecule has 1 amide bonds. The third-order valence-corrected chi connectivity index (χ3v) is 3.56. The fourth-order valence-corrected chi connectivity index (χ4v) is 2.43. The topological polar surface area (TPSA) is 99.8 Å². The molecule has 8 heteroatoms. The Balaban J connectivity index is 2.21. The zero-order valence-electron chi connectivity index (χ0n) is 11.1. The summed E-state index contributed by atoms with van der Waals surface area (Å²) >= 11 is 0. The molecule has 1 saturated heterocycles. The molecule has 1 aromatic rings. The highest BCUT2D eigenvalue weighted by molar-refractivity contribution is 5.66. The van der Waals surface area contributed by atoms with Gasteiger partial charge in [-0.1, -0.05) is 0 Å². The van der Waals surface area contributed by atoms with Crippen molar-refractivity contribution in [1.82, 2.24) is 9.88 Å². The highest BCUT2D eigenvalue weighted by atomic mass is 16.6. The number of likely N-dealkylation sites (N-methyl/N-ethyl adjacent to an activating group) is 1. The number of hydrogen-bond acceptors (Lipinski definition) is 5. The van der Waals surface area contributed by atoms with Crippen LogP contribution < -0.4 is 4.90 Å². The number of aromatic nitrogens is 1. The van der Waals surface area contributed by atoms with Gasteiger partial charge in [-0.05, 0) is 18.9 Å². The lowest BCUT2D eigenvalue weighted by Crippen LogP contribution is -2.48. The second-order valence-electron chi connectivity index (χ2n) is 4.76. The van der Waals surface area contributed by atoms with E-state index in [1.165, 1.54) is 24.3 Å². The van der Waals surface area contributed by atoms with Crippen LogP contribution in [-0.4, -0.2) is 52.2 Å². The van der Waals surface area contributed by atoms with E-state index in [0.717, 1.165) is 12.8 Å². The predicted molar refractivity (Wildman–Crippen MR) is 71.9 cm³/mol. The molecule has 1 fully saturated rings. The molecule has 2 heterocycles. The van der Waals surface area contributed by atoms with Gasteiger partial charge >= 0.3 is 11.8 Å². The molecule has 1 atom stereocenters. The molecule has 0 saturated carbocycles. The maximum Gasteiger partial charge on any atom is 0.407 e. The molecule has 0 radical (unpaired) electrons. The van der Waals surface area contributed by atoms with Crippen LogP contribution in [-0.2, 0) is 0 Å². The number of rotatable bonds is 3. The molecule has 108 valence electrons. The summed E-state index contributed by atoms with van der Waals surface area (Å²) in [5, 5.41) is 20.0. The smallest absolute Gasteiger partial charge is 0.407 e. The van der Waals surface area contributed by atoms with Gasteiger partial charge in [0.25, 0.3) is 0 Å². The summed E-state index contributed by atoms with van der Waals surface area (Å²) in [6.45, 7) is 1.13. The molecule has 1 aliphatic heterocycles. The summed E-state index contributed by atoms with van der Waals surface area (Å²) in [5.41, 5.74) is 0.444. The lowest BCUT2D eigenvalue weighted by Gasteiger charge is -2.37. The number of nitro groups is 1. The molecule has 2 rings (SSSR count). The number of anilines is 1. The van der Waals surface area contributed by atoms with Gasteiger partial charge in [-0.15, -0.1) is 0 Å². The van der Waals surface area contributed by atoms with Crippen molar-refractivity contribution in [3.8, 4) is 0 Å². The first-order valence-corrected chi connectivity index (χ1v) is 6.30. The largest absolute Gasteiger partial charge is 0.465 e. The fourth-order valence-electron chi connectivity index (χ4n) is 2.43. The summed E-state index contributed by atoms with van der Waals surface area (Å²) in [5.74, 6) is 0. The summed E-state index contributed by atoms with van der Waals surface area (Å²) in [6.07, 6.45) is 3.30. The molecule has 0 spiro atoms. The van der Waals surface area contributed by atoms with E-state index in [4.69, 9.17) is 5.11 Å². The highest BCUT2D eigenvalue weighted by Crippen LogP contribution is 2.29. The Morgan fingerprint density at radius 2 is 2.40 bits per heavy atom. The molecule has 20 heavy (non-hydrogen) atoms. The average molecular weight is 280 g/mol. The van der Waals surface area contributed by atoms with E-state index >= 15 is 0 Å². The van der Waals surface area contributed by atoms with E-state index in [2.05, 4.69) is 4.98 Å². The Morgan fingerprint density at radius 1 is 1.65 bits per heavy atom. The van der Waals surface area contributed by atoms with Crippen molar-refractivity contribution < 1.29 is 14.8 Å². The summed E-state index contributed by atoms with van der Waals surface area (Å²) in [4.78, 5) is 28.5. The van der Waals surface area contributed by atoms with Crippen molar-refractivity contribution in [3.05, 3.63) is 28.6 Å². The molecular formula is C12H16N4O4. The number of carbonyl (C=O) groups is 1. The number of pyridine rings is 1. The number of hydrogen-bond donors (Lipinski definition) is 1. The Kier molecular flexibility index (Phi) is 4.02. The second-order valence-corrected chi connectivity index (χ2v) is 4.76. The molecule has 0 bridgehead atoms. The number of piperidine rings is 1. The van der Waals surface area contributed by atoms with Crippen molar-refractivity contribution in [3.63, 3.8) is 0 Å². The van der Waals surface area contributed by atoms with Gasteiger partial charge in [0.15, 0.2) is 0 Å². The minimum atomic E-state index is -0.985. The molecule has 1 unspecified atom stereocenters. The van der Waals surface area contributed by atoms with Crippen molar-refractivity contribution in [2.24, 2.45) is 0 Å². The van der Waals surface area contributed by atoms with Gasteiger partial charge < -0.3 is 14.9 Å². The summed E-state index contributed by atoms with van der Waals surface area (Å²) < 4.78 is 0. The van der Waals surface area contributed by atoms with E-state index in [1.54, 1.807) is 6.07 Å². The van der Waals surface area contributed by atoms with Gasteiger partial charge in [-0.2, -0.15) is 0 Å². The first-order valence-electron chi connectivity index (χ1n) is 6.30. The maximum absolute atomic E-state index is 11.0. The molecule has 8 nitrogen and oxygen atoms in total. The van der Waals surface area contributed by atoms with E-state index in [1.807, 2.05) is 4.90 Å². The Morgan fingerprint density at radius 3 is 3.05 bits per heavy atom. The predicted octanol–water partition coefficient (Wildman–Crippen LogP) is 1.57. The lowest BCUT2D eigenvalue weighted by molar-refractivity contribution is -0.384. The fraction of sp³-hybridized carbons (Fsp3) is 0.500. The van der Waals surface area contributed by atoms with Crippen molar-refractivity contribution in [2.75, 3.05) is 25.0 Å². The lowest BCUT2D eigenvalue weighted by atomic mass is 10.0. The van der Waals surface area contributed by atoms with Crippen LogP contribution >= 0.6 is 0 Å². The van der Waals surface area contributed by atoms with Crippen LogP contribution in [0, 0.1) is 10.1 Å². The zero-order valence-corrected chi connectivity index (χ0v) is 11.1. The van der Waals surface area contributed by atoms with Gasteiger partial charge in [-0.3, -0.25) is 15.1 Å². The third-order valence-electron chi connectivity index (χ3n) is 3.56. The SMILES string of the molecule is CN(C(=O)O)C1CCCN(c2ccncc2[N+](=O)[O-])C1. The molecule has 1 N–H and O–H groups in total. The third kappa shape index (κ3) is 2.79. The van der Waals surface area contributed by atoms with Gasteiger partial charge in [-0.25, -0.2) is 4.79 Å². The van der Waals surface area contributed by atoms with E-state index in [0.29, 0.717) is 18.8 Å². The van der Waals surface area contributed by atoms with Crippen LogP contribution in [0.4, 0.5) is 16.2 Å². The van der Waals surface area contributed by atoms with E-state index in [-0.39, 0.29) is 11.7 Å². The Bertz CT molecular complexity index is 522. The zero-order chi connectivity index (χ0) is 14.7. The van der Waals surface area contributed by atoms with Gasteiger partial charge in [0.2, 0.25) is 0 Å². The molecule has 1 aromatic heterocycles.